The van der Waals surface area contributed by atoms with Gasteiger partial charge in [0.05, 0.1) is 24.2 Å². The zero-order valence-electron chi connectivity index (χ0n) is 16.2. The van der Waals surface area contributed by atoms with Crippen molar-refractivity contribution in [1.29, 1.82) is 0 Å². The normalized spacial score (nSPS) is 36.7. The lowest BCUT2D eigenvalue weighted by molar-refractivity contribution is -0.128. The first-order valence-electron chi connectivity index (χ1n) is 9.78. The second-order valence-corrected chi connectivity index (χ2v) is 9.57. The standard InChI is InChI=1S/C20H26N4O3/c1-12(25)24-5-4-19(10-24)9-20(11-27-19)13-8-21-23-17(13)22-14-6-18(2,3)7-15(26)16(14)20/h22H,4-11H2,1-3H3. The van der Waals surface area contributed by atoms with Crippen molar-refractivity contribution < 1.29 is 14.3 Å². The number of carbonyl (C=O) groups is 2. The molecule has 1 amide bonds. The molecule has 1 N–H and O–H groups in total. The summed E-state index contributed by atoms with van der Waals surface area (Å²) in [5, 5.41) is 12.0. The number of nitrogens with one attached hydrogen (secondary N) is 1. The second-order valence-electron chi connectivity index (χ2n) is 9.57. The summed E-state index contributed by atoms with van der Waals surface area (Å²) in [6, 6.07) is 0. The first kappa shape index (κ1) is 17.1. The minimum absolute atomic E-state index is 0.0617. The number of hydrogen-bond acceptors (Lipinski definition) is 6. The van der Waals surface area contributed by atoms with E-state index >= 15 is 0 Å². The van der Waals surface area contributed by atoms with Gasteiger partial charge in [-0.2, -0.15) is 5.11 Å². The summed E-state index contributed by atoms with van der Waals surface area (Å²) >= 11 is 0. The minimum Gasteiger partial charge on any atom is -0.372 e. The Kier molecular flexibility index (Phi) is 3.34. The number of Topliss-reactive ketones (excluding diaryl/α,β-unsaturated/α-hetero) is 1. The number of nitrogens with zero attached hydrogens (tertiary/aromatic N) is 3. The van der Waals surface area contributed by atoms with Gasteiger partial charge in [-0.25, -0.2) is 0 Å². The molecule has 7 heteroatoms. The number of ketones is 1. The van der Waals surface area contributed by atoms with Crippen molar-refractivity contribution in [1.82, 2.24) is 10.2 Å². The van der Waals surface area contributed by atoms with Gasteiger partial charge in [0.15, 0.2) is 11.6 Å². The molecule has 0 saturated carbocycles. The highest BCUT2D eigenvalue weighted by molar-refractivity contribution is 6.00. The number of likely N-dealkylation sites (tertiary alicyclic amines) is 1. The summed E-state index contributed by atoms with van der Waals surface area (Å²) in [6.07, 6.45) is 2.94. The third-order valence-corrected chi connectivity index (χ3v) is 6.90. The molecule has 2 fully saturated rings. The van der Waals surface area contributed by atoms with Crippen molar-refractivity contribution in [2.24, 2.45) is 21.1 Å². The number of ether oxygens (including phenoxy) is 1. The lowest BCUT2D eigenvalue weighted by atomic mass is 9.61. The molecule has 0 aromatic rings. The Morgan fingerprint density at radius 1 is 1.30 bits per heavy atom. The van der Waals surface area contributed by atoms with E-state index in [-0.39, 0.29) is 22.7 Å². The van der Waals surface area contributed by atoms with Crippen LogP contribution in [0.4, 0.5) is 0 Å². The first-order chi connectivity index (χ1) is 12.7. The van der Waals surface area contributed by atoms with Crippen LogP contribution in [0.3, 0.4) is 0 Å². The average molecular weight is 370 g/mol. The smallest absolute Gasteiger partial charge is 0.219 e. The molecule has 2 saturated heterocycles. The summed E-state index contributed by atoms with van der Waals surface area (Å²) in [6.45, 7) is 8.21. The van der Waals surface area contributed by atoms with E-state index in [0.717, 1.165) is 48.5 Å². The van der Waals surface area contributed by atoms with Gasteiger partial charge < -0.3 is 15.0 Å². The summed E-state index contributed by atoms with van der Waals surface area (Å²) in [7, 11) is 0. The van der Waals surface area contributed by atoms with Crippen molar-refractivity contribution in [2.45, 2.75) is 52.1 Å². The molecule has 2 spiro atoms. The fourth-order valence-electron chi connectivity index (χ4n) is 5.73. The molecule has 4 heterocycles. The maximum absolute atomic E-state index is 13.3. The van der Waals surface area contributed by atoms with Crippen LogP contribution in [0.1, 0.15) is 46.5 Å². The molecule has 2 unspecified atom stereocenters. The number of azo groups is 1. The van der Waals surface area contributed by atoms with Crippen LogP contribution >= 0.6 is 0 Å². The number of amides is 1. The molecule has 5 rings (SSSR count). The zero-order valence-corrected chi connectivity index (χ0v) is 16.2. The Hall–Kier alpha value is -2.02. The average Bonchev–Trinajstić information content (AvgIpc) is 3.26. The molecule has 2 atom stereocenters. The van der Waals surface area contributed by atoms with Gasteiger partial charge in [-0.15, -0.1) is 5.11 Å². The molecule has 0 bridgehead atoms. The van der Waals surface area contributed by atoms with E-state index in [1.165, 1.54) is 0 Å². The van der Waals surface area contributed by atoms with Gasteiger partial charge >= 0.3 is 0 Å². The van der Waals surface area contributed by atoms with E-state index in [1.807, 2.05) is 4.90 Å². The lowest BCUT2D eigenvalue weighted by Crippen LogP contribution is -2.45. The Bertz CT molecular complexity index is 855. The molecule has 0 aromatic carbocycles. The summed E-state index contributed by atoms with van der Waals surface area (Å²) in [5.74, 6) is 1.11. The second kappa shape index (κ2) is 5.28. The molecule has 5 aliphatic rings. The van der Waals surface area contributed by atoms with Crippen molar-refractivity contribution in [3.8, 4) is 0 Å². The maximum atomic E-state index is 13.3. The highest BCUT2D eigenvalue weighted by atomic mass is 16.5. The molecule has 7 nitrogen and oxygen atoms in total. The van der Waals surface area contributed by atoms with Crippen LogP contribution in [0.25, 0.3) is 0 Å². The van der Waals surface area contributed by atoms with Gasteiger partial charge in [0, 0.05) is 43.3 Å². The molecule has 1 aliphatic carbocycles. The SMILES string of the molecule is CC(=O)N1CCC2(C1)CC1(CO2)C2=C(N=NC2)NC2=C1C(=O)CC(C)(C)C2. The molecular formula is C20H26N4O3. The number of hydrogen-bond donors (Lipinski definition) is 1. The highest BCUT2D eigenvalue weighted by Crippen LogP contribution is 2.58. The van der Waals surface area contributed by atoms with Crippen molar-refractivity contribution >= 4 is 11.7 Å². The Morgan fingerprint density at radius 2 is 2.11 bits per heavy atom. The van der Waals surface area contributed by atoms with Crippen molar-refractivity contribution in [2.75, 3.05) is 26.2 Å². The fourth-order valence-corrected chi connectivity index (χ4v) is 5.73. The lowest BCUT2D eigenvalue weighted by Gasteiger charge is -2.43. The Balaban J connectivity index is 1.57. The topological polar surface area (TPSA) is 83.4 Å². The van der Waals surface area contributed by atoms with E-state index in [4.69, 9.17) is 4.74 Å². The van der Waals surface area contributed by atoms with Crippen LogP contribution in [0.5, 0.6) is 0 Å². The number of allylic oxidation sites excluding steroid dienone is 1. The van der Waals surface area contributed by atoms with E-state index in [1.54, 1.807) is 6.92 Å². The Morgan fingerprint density at radius 3 is 2.85 bits per heavy atom. The largest absolute Gasteiger partial charge is 0.372 e. The van der Waals surface area contributed by atoms with Gasteiger partial charge in [-0.1, -0.05) is 13.8 Å². The van der Waals surface area contributed by atoms with E-state index in [9.17, 15) is 9.59 Å². The monoisotopic (exact) mass is 370 g/mol. The van der Waals surface area contributed by atoms with Gasteiger partial charge in [0.2, 0.25) is 5.91 Å². The van der Waals surface area contributed by atoms with Gasteiger partial charge in [-0.05, 0) is 24.7 Å². The van der Waals surface area contributed by atoms with Crippen LogP contribution in [0.2, 0.25) is 0 Å². The summed E-state index contributed by atoms with van der Waals surface area (Å²) in [5.41, 5.74) is 2.11. The van der Waals surface area contributed by atoms with Crippen LogP contribution in [0.15, 0.2) is 32.9 Å². The van der Waals surface area contributed by atoms with Crippen LogP contribution < -0.4 is 5.32 Å². The van der Waals surface area contributed by atoms with Gasteiger partial charge in [0.1, 0.15) is 0 Å². The molecule has 144 valence electrons. The van der Waals surface area contributed by atoms with E-state index in [2.05, 4.69) is 29.4 Å². The predicted octanol–water partition coefficient (Wildman–Crippen LogP) is 2.31. The molecule has 0 radical (unpaired) electrons. The zero-order chi connectivity index (χ0) is 19.0. The van der Waals surface area contributed by atoms with Crippen molar-refractivity contribution in [3.63, 3.8) is 0 Å². The maximum Gasteiger partial charge on any atom is 0.219 e. The molecule has 27 heavy (non-hydrogen) atoms. The number of carbonyl (C=O) groups excluding carboxylic acids is 2. The van der Waals surface area contributed by atoms with Crippen molar-refractivity contribution in [3.05, 3.63) is 22.7 Å². The third kappa shape index (κ3) is 2.37. The predicted molar refractivity (Wildman–Crippen MR) is 97.5 cm³/mol. The van der Waals surface area contributed by atoms with Gasteiger partial charge in [-0.3, -0.25) is 9.59 Å². The quantitative estimate of drug-likeness (QED) is 0.709. The first-order valence-corrected chi connectivity index (χ1v) is 9.78. The van der Waals surface area contributed by atoms with Crippen LogP contribution in [-0.4, -0.2) is 48.4 Å². The molecule has 4 aliphatic heterocycles. The minimum atomic E-state index is -0.445. The summed E-state index contributed by atoms with van der Waals surface area (Å²) < 4.78 is 6.41. The van der Waals surface area contributed by atoms with Crippen LogP contribution in [-0.2, 0) is 14.3 Å². The number of dihydropyridines is 1. The molecule has 0 aromatic heterocycles. The van der Waals surface area contributed by atoms with Gasteiger partial charge in [0.25, 0.3) is 0 Å². The number of fused-ring (bicyclic) bond motifs is 2. The van der Waals surface area contributed by atoms with Crippen LogP contribution in [0, 0.1) is 10.8 Å². The number of rotatable bonds is 0. The fraction of sp³-hybridized carbons (Fsp3) is 0.700. The third-order valence-electron chi connectivity index (χ3n) is 6.90. The Labute approximate surface area is 158 Å². The highest BCUT2D eigenvalue weighted by Gasteiger charge is 2.60. The summed E-state index contributed by atoms with van der Waals surface area (Å²) in [4.78, 5) is 27.0. The van der Waals surface area contributed by atoms with E-state index < -0.39 is 5.41 Å². The molecular weight excluding hydrogens is 344 g/mol. The van der Waals surface area contributed by atoms with E-state index in [0.29, 0.717) is 26.1 Å².